The normalized spacial score (nSPS) is 15.2. The standard InChI is InChI=1S/C17H20ClNO2/c1-17(16(12-19)20-2,13-7-6-8-14(18)11-13)21-15-9-4-3-5-10-15/h3-11,16H,12,19H2,1-2H3. The summed E-state index contributed by atoms with van der Waals surface area (Å²) in [4.78, 5) is 0. The number of methoxy groups -OCH3 is 1. The molecule has 0 aliphatic heterocycles. The van der Waals surface area contributed by atoms with E-state index in [1.54, 1.807) is 7.11 Å². The van der Waals surface area contributed by atoms with Crippen molar-refractivity contribution in [2.75, 3.05) is 13.7 Å². The summed E-state index contributed by atoms with van der Waals surface area (Å²) in [6.45, 7) is 2.30. The Morgan fingerprint density at radius 1 is 1.14 bits per heavy atom. The number of hydrogen-bond acceptors (Lipinski definition) is 3. The lowest BCUT2D eigenvalue weighted by atomic mass is 9.89. The summed E-state index contributed by atoms with van der Waals surface area (Å²) >= 11 is 6.12. The summed E-state index contributed by atoms with van der Waals surface area (Å²) < 4.78 is 11.8. The van der Waals surface area contributed by atoms with Crippen LogP contribution in [-0.4, -0.2) is 19.8 Å². The van der Waals surface area contributed by atoms with E-state index in [2.05, 4.69) is 0 Å². The van der Waals surface area contributed by atoms with Crippen LogP contribution < -0.4 is 10.5 Å². The van der Waals surface area contributed by atoms with Crippen LogP contribution in [-0.2, 0) is 10.3 Å². The van der Waals surface area contributed by atoms with E-state index >= 15 is 0 Å². The zero-order valence-corrected chi connectivity index (χ0v) is 13.0. The maximum atomic E-state index is 6.22. The first-order valence-corrected chi connectivity index (χ1v) is 7.21. The molecule has 0 heterocycles. The average Bonchev–Trinajstić information content (AvgIpc) is 2.49. The molecule has 2 unspecified atom stereocenters. The van der Waals surface area contributed by atoms with Crippen LogP contribution in [0.3, 0.4) is 0 Å². The maximum Gasteiger partial charge on any atom is 0.158 e. The molecule has 112 valence electrons. The van der Waals surface area contributed by atoms with Gasteiger partial charge in [-0.15, -0.1) is 0 Å². The molecule has 2 aromatic rings. The van der Waals surface area contributed by atoms with Crippen molar-refractivity contribution in [1.82, 2.24) is 0 Å². The molecular weight excluding hydrogens is 286 g/mol. The third-order valence-corrected chi connectivity index (χ3v) is 3.82. The Morgan fingerprint density at radius 3 is 2.43 bits per heavy atom. The largest absolute Gasteiger partial charge is 0.480 e. The van der Waals surface area contributed by atoms with Gasteiger partial charge in [-0.1, -0.05) is 41.9 Å². The van der Waals surface area contributed by atoms with Gasteiger partial charge in [0.25, 0.3) is 0 Å². The second-order valence-corrected chi connectivity index (χ2v) is 5.43. The lowest BCUT2D eigenvalue weighted by molar-refractivity contribution is -0.0636. The first-order valence-electron chi connectivity index (χ1n) is 6.83. The Kier molecular flexibility index (Phi) is 5.23. The van der Waals surface area contributed by atoms with Crippen LogP contribution in [0, 0.1) is 0 Å². The molecule has 0 aliphatic carbocycles. The van der Waals surface area contributed by atoms with Crippen LogP contribution >= 0.6 is 11.6 Å². The second-order valence-electron chi connectivity index (χ2n) is 4.99. The SMILES string of the molecule is COC(CN)C(C)(Oc1ccccc1)c1cccc(Cl)c1. The zero-order valence-electron chi connectivity index (χ0n) is 12.3. The minimum absolute atomic E-state index is 0.295. The van der Waals surface area contributed by atoms with Gasteiger partial charge in [0.2, 0.25) is 0 Å². The third kappa shape index (κ3) is 3.56. The topological polar surface area (TPSA) is 44.5 Å². The first-order chi connectivity index (χ1) is 10.1. The number of benzene rings is 2. The van der Waals surface area contributed by atoms with Crippen molar-refractivity contribution in [1.29, 1.82) is 0 Å². The van der Waals surface area contributed by atoms with Gasteiger partial charge in [-0.25, -0.2) is 0 Å². The molecule has 2 aromatic carbocycles. The van der Waals surface area contributed by atoms with E-state index in [0.29, 0.717) is 11.6 Å². The molecular formula is C17H20ClNO2. The highest BCUT2D eigenvalue weighted by Gasteiger charge is 2.38. The van der Waals surface area contributed by atoms with Crippen molar-refractivity contribution in [2.45, 2.75) is 18.6 Å². The maximum absolute atomic E-state index is 6.22. The molecule has 0 saturated carbocycles. The number of ether oxygens (including phenoxy) is 2. The number of para-hydroxylation sites is 1. The Balaban J connectivity index is 2.43. The molecule has 2 N–H and O–H groups in total. The summed E-state index contributed by atoms with van der Waals surface area (Å²) in [5.41, 5.74) is 6.06. The number of halogens is 1. The predicted molar refractivity (Wildman–Crippen MR) is 85.7 cm³/mol. The van der Waals surface area contributed by atoms with Gasteiger partial charge in [-0.05, 0) is 36.8 Å². The van der Waals surface area contributed by atoms with E-state index in [1.165, 1.54) is 0 Å². The molecule has 2 atom stereocenters. The summed E-state index contributed by atoms with van der Waals surface area (Å²) in [5.74, 6) is 0.760. The van der Waals surface area contributed by atoms with Gasteiger partial charge in [-0.2, -0.15) is 0 Å². The molecule has 0 bridgehead atoms. The van der Waals surface area contributed by atoms with Crippen molar-refractivity contribution in [3.8, 4) is 5.75 Å². The number of nitrogens with two attached hydrogens (primary N) is 1. The summed E-state index contributed by atoms with van der Waals surface area (Å²) in [7, 11) is 1.63. The molecule has 0 saturated heterocycles. The quantitative estimate of drug-likeness (QED) is 0.886. The highest BCUT2D eigenvalue weighted by atomic mass is 35.5. The first kappa shape index (κ1) is 15.8. The molecule has 4 heteroatoms. The van der Waals surface area contributed by atoms with Crippen molar-refractivity contribution >= 4 is 11.6 Å². The van der Waals surface area contributed by atoms with E-state index in [9.17, 15) is 0 Å². The van der Waals surface area contributed by atoms with E-state index in [1.807, 2.05) is 61.5 Å². The van der Waals surface area contributed by atoms with Crippen molar-refractivity contribution in [3.63, 3.8) is 0 Å². The Labute approximate surface area is 130 Å². The Hall–Kier alpha value is -1.55. The van der Waals surface area contributed by atoms with Crippen molar-refractivity contribution in [3.05, 3.63) is 65.2 Å². The van der Waals surface area contributed by atoms with Crippen LogP contribution in [0.1, 0.15) is 12.5 Å². The lowest BCUT2D eigenvalue weighted by Crippen LogP contribution is -2.47. The highest BCUT2D eigenvalue weighted by molar-refractivity contribution is 6.30. The molecule has 0 fully saturated rings. The second kappa shape index (κ2) is 6.94. The molecule has 0 spiro atoms. The number of rotatable bonds is 6. The molecule has 2 rings (SSSR count). The van der Waals surface area contributed by atoms with Crippen molar-refractivity contribution < 1.29 is 9.47 Å². The van der Waals surface area contributed by atoms with Crippen LogP contribution in [0.15, 0.2) is 54.6 Å². The summed E-state index contributed by atoms with van der Waals surface area (Å²) in [6, 6.07) is 17.2. The van der Waals surface area contributed by atoms with E-state index in [4.69, 9.17) is 26.8 Å². The van der Waals surface area contributed by atoms with Crippen LogP contribution in [0.2, 0.25) is 5.02 Å². The van der Waals surface area contributed by atoms with Gasteiger partial charge in [0, 0.05) is 18.7 Å². The van der Waals surface area contributed by atoms with Crippen LogP contribution in [0.4, 0.5) is 0 Å². The van der Waals surface area contributed by atoms with Gasteiger partial charge < -0.3 is 15.2 Å². The van der Waals surface area contributed by atoms with Crippen molar-refractivity contribution in [2.24, 2.45) is 5.73 Å². The average molecular weight is 306 g/mol. The third-order valence-electron chi connectivity index (χ3n) is 3.58. The molecule has 21 heavy (non-hydrogen) atoms. The molecule has 0 radical (unpaired) electrons. The molecule has 0 aliphatic rings. The smallest absolute Gasteiger partial charge is 0.158 e. The van der Waals surface area contributed by atoms with Gasteiger partial charge >= 0.3 is 0 Å². The Bertz CT molecular complexity index is 572. The summed E-state index contributed by atoms with van der Waals surface area (Å²) in [6.07, 6.45) is -0.295. The van der Waals surface area contributed by atoms with Gasteiger partial charge in [-0.3, -0.25) is 0 Å². The minimum Gasteiger partial charge on any atom is -0.480 e. The minimum atomic E-state index is -0.726. The number of hydrogen-bond donors (Lipinski definition) is 1. The van der Waals surface area contributed by atoms with E-state index < -0.39 is 5.60 Å². The Morgan fingerprint density at radius 2 is 1.86 bits per heavy atom. The zero-order chi connectivity index (χ0) is 15.3. The van der Waals surface area contributed by atoms with E-state index in [0.717, 1.165) is 11.3 Å². The monoisotopic (exact) mass is 305 g/mol. The van der Waals surface area contributed by atoms with Gasteiger partial charge in [0.1, 0.15) is 11.9 Å². The van der Waals surface area contributed by atoms with Gasteiger partial charge in [0.15, 0.2) is 5.60 Å². The predicted octanol–water partition coefficient (Wildman–Crippen LogP) is 3.61. The lowest BCUT2D eigenvalue weighted by Gasteiger charge is -2.37. The molecule has 0 aromatic heterocycles. The van der Waals surface area contributed by atoms with Crippen LogP contribution in [0.25, 0.3) is 0 Å². The highest BCUT2D eigenvalue weighted by Crippen LogP contribution is 2.33. The fraction of sp³-hybridized carbons (Fsp3) is 0.294. The molecule has 3 nitrogen and oxygen atoms in total. The fourth-order valence-electron chi connectivity index (χ4n) is 2.39. The molecule has 0 amide bonds. The summed E-state index contributed by atoms with van der Waals surface area (Å²) in [5, 5.41) is 0.655. The van der Waals surface area contributed by atoms with Crippen LogP contribution in [0.5, 0.6) is 5.75 Å². The van der Waals surface area contributed by atoms with E-state index in [-0.39, 0.29) is 6.10 Å². The van der Waals surface area contributed by atoms with Gasteiger partial charge in [0.05, 0.1) is 0 Å². The fourth-order valence-corrected chi connectivity index (χ4v) is 2.58.